The minimum Gasteiger partial charge on any atom is -0.425 e. The van der Waals surface area contributed by atoms with Gasteiger partial charge in [0.25, 0.3) is 0 Å². The summed E-state index contributed by atoms with van der Waals surface area (Å²) < 4.78 is 4.70. The Hall–Kier alpha value is -1.89. The Kier molecular flexibility index (Phi) is 2.38. The number of nitrogens with zero attached hydrogens (tertiary/aromatic N) is 2. The van der Waals surface area contributed by atoms with Crippen LogP contribution in [0.1, 0.15) is 12.5 Å². The van der Waals surface area contributed by atoms with Crippen molar-refractivity contribution in [1.29, 1.82) is 5.26 Å². The van der Waals surface area contributed by atoms with Crippen LogP contribution >= 0.6 is 0 Å². The summed E-state index contributed by atoms with van der Waals surface area (Å²) >= 11 is 0. The molecule has 0 saturated heterocycles. The van der Waals surface area contributed by atoms with Crippen molar-refractivity contribution < 1.29 is 9.53 Å². The summed E-state index contributed by atoms with van der Waals surface area (Å²) in [6, 6.07) is 3.19. The maximum absolute atomic E-state index is 10.5. The van der Waals surface area contributed by atoms with E-state index in [1.54, 1.807) is 0 Å². The van der Waals surface area contributed by atoms with E-state index in [-0.39, 0.29) is 11.3 Å². The van der Waals surface area contributed by atoms with Gasteiger partial charge in [-0.25, -0.2) is 0 Å². The lowest BCUT2D eigenvalue weighted by atomic mass is 10.3. The molecule has 0 atom stereocenters. The van der Waals surface area contributed by atoms with E-state index in [0.29, 0.717) is 0 Å². The van der Waals surface area contributed by atoms with Crippen molar-refractivity contribution in [3.63, 3.8) is 0 Å². The summed E-state index contributed by atoms with van der Waals surface area (Å²) in [6.07, 6.45) is 3.75. The Balaban J connectivity index is 2.99. The summed E-state index contributed by atoms with van der Waals surface area (Å²) in [6.45, 7) is 1.27. The predicted octanol–water partition coefficient (Wildman–Crippen LogP) is 0.679. The van der Waals surface area contributed by atoms with Gasteiger partial charge in [-0.15, -0.1) is 0 Å². The van der Waals surface area contributed by atoms with Crippen LogP contribution in [0.3, 0.4) is 0 Å². The fourth-order valence-corrected chi connectivity index (χ4v) is 0.662. The SMILES string of the molecule is CC(=O)Oc1c[c]ncc1C#N. The maximum Gasteiger partial charge on any atom is 0.308 e. The van der Waals surface area contributed by atoms with Crippen molar-refractivity contribution in [2.24, 2.45) is 0 Å². The first-order valence-corrected chi connectivity index (χ1v) is 3.18. The molecular weight excluding hydrogens is 156 g/mol. The van der Waals surface area contributed by atoms with Gasteiger partial charge in [0.2, 0.25) is 0 Å². The standard InChI is InChI=1S/C8H5N2O2/c1-6(11)12-8-2-3-10-5-7(8)4-9/h2,5H,1H3. The van der Waals surface area contributed by atoms with Crippen LogP contribution in [0.5, 0.6) is 5.75 Å². The summed E-state index contributed by atoms with van der Waals surface area (Å²) in [5, 5.41) is 8.54. The Bertz CT molecular complexity index is 341. The molecule has 12 heavy (non-hydrogen) atoms. The van der Waals surface area contributed by atoms with E-state index in [2.05, 4.69) is 11.2 Å². The van der Waals surface area contributed by atoms with Crippen molar-refractivity contribution in [2.45, 2.75) is 6.92 Å². The van der Waals surface area contributed by atoms with Crippen LogP contribution in [-0.2, 0) is 4.79 Å². The molecule has 1 radical (unpaired) electrons. The molecule has 0 fully saturated rings. The second-order valence-electron chi connectivity index (χ2n) is 2.02. The zero-order valence-corrected chi connectivity index (χ0v) is 6.37. The second kappa shape index (κ2) is 3.49. The number of rotatable bonds is 1. The molecule has 0 aromatic carbocycles. The quantitative estimate of drug-likeness (QED) is 0.568. The van der Waals surface area contributed by atoms with Crippen molar-refractivity contribution in [1.82, 2.24) is 4.98 Å². The Labute approximate surface area is 69.4 Å². The molecular formula is C8H5N2O2. The Morgan fingerprint density at radius 2 is 2.58 bits per heavy atom. The number of hydrogen-bond donors (Lipinski definition) is 0. The molecule has 0 saturated carbocycles. The number of aromatic nitrogens is 1. The number of hydrogen-bond acceptors (Lipinski definition) is 4. The summed E-state index contributed by atoms with van der Waals surface area (Å²) in [5.41, 5.74) is 0.226. The van der Waals surface area contributed by atoms with Gasteiger partial charge in [0, 0.05) is 19.2 Å². The fraction of sp³-hybridized carbons (Fsp3) is 0.125. The van der Waals surface area contributed by atoms with Gasteiger partial charge in [0.05, 0.1) is 6.20 Å². The van der Waals surface area contributed by atoms with Gasteiger partial charge in [-0.1, -0.05) is 0 Å². The van der Waals surface area contributed by atoms with E-state index >= 15 is 0 Å². The van der Waals surface area contributed by atoms with E-state index in [4.69, 9.17) is 10.00 Å². The van der Waals surface area contributed by atoms with Gasteiger partial charge in [-0.3, -0.25) is 9.78 Å². The lowest BCUT2D eigenvalue weighted by molar-refractivity contribution is -0.131. The molecule has 4 heteroatoms. The number of nitriles is 1. The highest BCUT2D eigenvalue weighted by Gasteiger charge is 2.04. The lowest BCUT2D eigenvalue weighted by Crippen LogP contribution is -2.02. The van der Waals surface area contributed by atoms with Crippen LogP contribution in [0.15, 0.2) is 12.3 Å². The van der Waals surface area contributed by atoms with Crippen LogP contribution in [-0.4, -0.2) is 11.0 Å². The largest absolute Gasteiger partial charge is 0.425 e. The van der Waals surface area contributed by atoms with Crippen LogP contribution in [0.2, 0.25) is 0 Å². The molecule has 0 aliphatic heterocycles. The number of esters is 1. The average molecular weight is 161 g/mol. The molecule has 0 aliphatic carbocycles. The van der Waals surface area contributed by atoms with E-state index in [0.717, 1.165) is 0 Å². The summed E-state index contributed by atoms with van der Waals surface area (Å²) in [4.78, 5) is 14.1. The third kappa shape index (κ3) is 1.80. The van der Waals surface area contributed by atoms with E-state index in [1.807, 2.05) is 6.07 Å². The van der Waals surface area contributed by atoms with Gasteiger partial charge in [-0.2, -0.15) is 5.26 Å². The first-order valence-electron chi connectivity index (χ1n) is 3.18. The van der Waals surface area contributed by atoms with Crippen LogP contribution in [0, 0.1) is 17.5 Å². The van der Waals surface area contributed by atoms with Gasteiger partial charge >= 0.3 is 5.97 Å². The van der Waals surface area contributed by atoms with E-state index in [1.165, 1.54) is 19.2 Å². The third-order valence-corrected chi connectivity index (χ3v) is 1.10. The highest BCUT2D eigenvalue weighted by Crippen LogP contribution is 2.14. The average Bonchev–Trinajstić information content (AvgIpc) is 2.04. The van der Waals surface area contributed by atoms with Crippen molar-refractivity contribution in [3.05, 3.63) is 24.0 Å². The molecule has 1 aromatic rings. The smallest absolute Gasteiger partial charge is 0.308 e. The van der Waals surface area contributed by atoms with Crippen LogP contribution in [0.25, 0.3) is 0 Å². The fourth-order valence-electron chi connectivity index (χ4n) is 0.662. The minimum absolute atomic E-state index is 0.194. The normalized spacial score (nSPS) is 8.67. The molecule has 0 N–H and O–H groups in total. The van der Waals surface area contributed by atoms with Crippen molar-refractivity contribution in [3.8, 4) is 11.8 Å². The first-order chi connectivity index (χ1) is 5.74. The number of carbonyl (C=O) groups is 1. The molecule has 1 heterocycles. The number of pyridine rings is 1. The zero-order chi connectivity index (χ0) is 8.97. The van der Waals surface area contributed by atoms with Crippen molar-refractivity contribution >= 4 is 5.97 Å². The van der Waals surface area contributed by atoms with Gasteiger partial charge < -0.3 is 4.74 Å². The molecule has 0 aliphatic rings. The monoisotopic (exact) mass is 161 g/mol. The molecule has 0 unspecified atom stereocenters. The van der Waals surface area contributed by atoms with Crippen molar-refractivity contribution in [2.75, 3.05) is 0 Å². The lowest BCUT2D eigenvalue weighted by Gasteiger charge is -2.00. The molecule has 0 bridgehead atoms. The van der Waals surface area contributed by atoms with E-state index in [9.17, 15) is 4.79 Å². The van der Waals surface area contributed by atoms with Crippen LogP contribution in [0.4, 0.5) is 0 Å². The zero-order valence-electron chi connectivity index (χ0n) is 6.37. The molecule has 1 rings (SSSR count). The molecule has 0 spiro atoms. The Morgan fingerprint density at radius 3 is 3.17 bits per heavy atom. The maximum atomic E-state index is 10.5. The highest BCUT2D eigenvalue weighted by atomic mass is 16.5. The summed E-state index contributed by atoms with van der Waals surface area (Å²) in [7, 11) is 0. The second-order valence-corrected chi connectivity index (χ2v) is 2.02. The first kappa shape index (κ1) is 8.21. The summed E-state index contributed by atoms with van der Waals surface area (Å²) in [5.74, 6) is -0.272. The van der Waals surface area contributed by atoms with Gasteiger partial charge in [0.1, 0.15) is 11.6 Å². The number of ether oxygens (including phenoxy) is 1. The van der Waals surface area contributed by atoms with Crippen LogP contribution < -0.4 is 4.74 Å². The van der Waals surface area contributed by atoms with Gasteiger partial charge in [-0.05, 0) is 0 Å². The molecule has 4 nitrogen and oxygen atoms in total. The Morgan fingerprint density at radius 1 is 1.83 bits per heavy atom. The van der Waals surface area contributed by atoms with Gasteiger partial charge in [0.15, 0.2) is 5.75 Å². The third-order valence-electron chi connectivity index (χ3n) is 1.10. The number of carbonyl (C=O) groups excluding carboxylic acids is 1. The molecule has 59 valence electrons. The molecule has 0 amide bonds. The topological polar surface area (TPSA) is 63.0 Å². The highest BCUT2D eigenvalue weighted by molar-refractivity contribution is 5.70. The predicted molar refractivity (Wildman–Crippen MR) is 39.1 cm³/mol. The molecule has 1 aromatic heterocycles. The van der Waals surface area contributed by atoms with E-state index < -0.39 is 5.97 Å². The minimum atomic E-state index is -0.467.